The molecular weight excluding hydrogens is 252 g/mol. The number of nitriles is 1. The molecule has 0 bridgehead atoms. The molecule has 0 unspecified atom stereocenters. The maximum atomic E-state index is 12.0. The van der Waals surface area contributed by atoms with Crippen molar-refractivity contribution < 1.29 is 8.42 Å². The van der Waals surface area contributed by atoms with E-state index in [1.54, 1.807) is 13.1 Å². The number of sulfonamides is 1. The Hall–Kier alpha value is -2.33. The third-order valence-electron chi connectivity index (χ3n) is 2.35. The van der Waals surface area contributed by atoms with Crippen LogP contribution in [0.5, 0.6) is 0 Å². The molecule has 6 nitrogen and oxygen atoms in total. The number of hydrogen-bond acceptors (Lipinski definition) is 4. The Bertz CT molecular complexity index is 695. The molecule has 92 valence electrons. The summed E-state index contributed by atoms with van der Waals surface area (Å²) in [6, 6.07) is 9.17. The minimum Gasteiger partial charge on any atom is -0.264 e. The summed E-state index contributed by atoms with van der Waals surface area (Å²) < 4.78 is 27.9. The van der Waals surface area contributed by atoms with Gasteiger partial charge >= 0.3 is 0 Å². The van der Waals surface area contributed by atoms with E-state index in [1.807, 2.05) is 6.07 Å². The molecule has 2 aromatic rings. The van der Waals surface area contributed by atoms with Crippen molar-refractivity contribution in [2.24, 2.45) is 7.05 Å². The van der Waals surface area contributed by atoms with Crippen LogP contribution >= 0.6 is 0 Å². The third-order valence-corrected chi connectivity index (χ3v) is 3.72. The van der Waals surface area contributed by atoms with Crippen molar-refractivity contribution in [3.8, 4) is 6.07 Å². The first-order valence-electron chi connectivity index (χ1n) is 5.04. The zero-order valence-corrected chi connectivity index (χ0v) is 10.3. The molecule has 1 heterocycles. The van der Waals surface area contributed by atoms with E-state index in [0.717, 1.165) is 0 Å². The largest absolute Gasteiger partial charge is 0.264 e. The predicted octanol–water partition coefficient (Wildman–Crippen LogP) is 1.09. The molecule has 0 spiro atoms. The third kappa shape index (κ3) is 2.33. The first-order chi connectivity index (χ1) is 8.53. The van der Waals surface area contributed by atoms with Crippen molar-refractivity contribution in [1.82, 2.24) is 9.78 Å². The first-order valence-corrected chi connectivity index (χ1v) is 6.52. The van der Waals surface area contributed by atoms with Gasteiger partial charge in [0.25, 0.3) is 10.0 Å². The number of nitrogens with one attached hydrogen (secondary N) is 1. The lowest BCUT2D eigenvalue weighted by atomic mass is 10.2. The lowest BCUT2D eigenvalue weighted by molar-refractivity contribution is 0.600. The van der Waals surface area contributed by atoms with Gasteiger partial charge in [-0.2, -0.15) is 10.4 Å². The topological polar surface area (TPSA) is 87.8 Å². The summed E-state index contributed by atoms with van der Waals surface area (Å²) in [5, 5.41) is 12.5. The standard InChI is InChI=1S/C11H10N4O2S/c1-15-11(6-7-13-15)14-18(16,17)10-4-2-9(8-12)3-5-10/h2-7,14H,1H3. The van der Waals surface area contributed by atoms with Crippen LogP contribution in [0.4, 0.5) is 5.82 Å². The molecule has 7 heteroatoms. The van der Waals surface area contributed by atoms with Crippen LogP contribution < -0.4 is 4.72 Å². The van der Waals surface area contributed by atoms with Crippen LogP contribution in [0.25, 0.3) is 0 Å². The Balaban J connectivity index is 2.31. The number of nitrogens with zero attached hydrogens (tertiary/aromatic N) is 3. The van der Waals surface area contributed by atoms with Gasteiger partial charge in [-0.15, -0.1) is 0 Å². The Morgan fingerprint density at radius 2 is 1.94 bits per heavy atom. The molecular formula is C11H10N4O2S. The molecule has 2 rings (SSSR count). The van der Waals surface area contributed by atoms with Gasteiger partial charge in [0.05, 0.1) is 22.7 Å². The number of benzene rings is 1. The summed E-state index contributed by atoms with van der Waals surface area (Å²) in [4.78, 5) is 0.0997. The number of aromatic nitrogens is 2. The Morgan fingerprint density at radius 1 is 1.28 bits per heavy atom. The molecule has 0 aliphatic heterocycles. The van der Waals surface area contributed by atoms with E-state index in [0.29, 0.717) is 11.4 Å². The molecule has 0 fully saturated rings. The molecule has 1 aromatic carbocycles. The second-order valence-electron chi connectivity index (χ2n) is 3.58. The van der Waals surface area contributed by atoms with E-state index in [4.69, 9.17) is 5.26 Å². The van der Waals surface area contributed by atoms with Crippen LogP contribution in [0.15, 0.2) is 41.4 Å². The minimum atomic E-state index is -3.65. The van der Waals surface area contributed by atoms with Crippen molar-refractivity contribution in [2.45, 2.75) is 4.90 Å². The monoisotopic (exact) mass is 262 g/mol. The highest BCUT2D eigenvalue weighted by Gasteiger charge is 2.15. The van der Waals surface area contributed by atoms with Crippen molar-refractivity contribution in [3.63, 3.8) is 0 Å². The Kier molecular flexibility index (Phi) is 3.04. The fourth-order valence-corrected chi connectivity index (χ4v) is 2.47. The maximum Gasteiger partial charge on any atom is 0.263 e. The van der Waals surface area contributed by atoms with Gasteiger partial charge in [0.1, 0.15) is 5.82 Å². The maximum absolute atomic E-state index is 12.0. The van der Waals surface area contributed by atoms with Crippen LogP contribution in [0.1, 0.15) is 5.56 Å². The second kappa shape index (κ2) is 4.50. The molecule has 18 heavy (non-hydrogen) atoms. The molecule has 0 aliphatic carbocycles. The molecule has 1 N–H and O–H groups in total. The van der Waals surface area contributed by atoms with Gasteiger partial charge in [0.2, 0.25) is 0 Å². The van der Waals surface area contributed by atoms with Crippen LogP contribution in [-0.2, 0) is 17.1 Å². The van der Waals surface area contributed by atoms with Crippen LogP contribution in [0.3, 0.4) is 0 Å². The van der Waals surface area contributed by atoms with Gasteiger partial charge in [-0.1, -0.05) is 0 Å². The normalized spacial score (nSPS) is 10.9. The van der Waals surface area contributed by atoms with E-state index < -0.39 is 10.0 Å². The molecule has 0 radical (unpaired) electrons. The van der Waals surface area contributed by atoms with Crippen LogP contribution in [0.2, 0.25) is 0 Å². The minimum absolute atomic E-state index is 0.0997. The fourth-order valence-electron chi connectivity index (χ4n) is 1.38. The van der Waals surface area contributed by atoms with E-state index in [2.05, 4.69) is 9.82 Å². The van der Waals surface area contributed by atoms with Gasteiger partial charge in [0, 0.05) is 13.1 Å². The predicted molar refractivity (Wildman–Crippen MR) is 65.2 cm³/mol. The summed E-state index contributed by atoms with van der Waals surface area (Å²) in [5.74, 6) is 0.374. The summed E-state index contributed by atoms with van der Waals surface area (Å²) in [5.41, 5.74) is 0.412. The van der Waals surface area contributed by atoms with E-state index in [1.165, 1.54) is 35.1 Å². The van der Waals surface area contributed by atoms with E-state index in [-0.39, 0.29) is 4.90 Å². The van der Waals surface area contributed by atoms with Crippen molar-refractivity contribution in [2.75, 3.05) is 4.72 Å². The zero-order valence-electron chi connectivity index (χ0n) is 9.53. The van der Waals surface area contributed by atoms with Crippen molar-refractivity contribution >= 4 is 15.8 Å². The van der Waals surface area contributed by atoms with Crippen LogP contribution in [-0.4, -0.2) is 18.2 Å². The van der Waals surface area contributed by atoms with Gasteiger partial charge in [-0.3, -0.25) is 9.40 Å². The van der Waals surface area contributed by atoms with Gasteiger partial charge in [0.15, 0.2) is 0 Å². The smallest absolute Gasteiger partial charge is 0.263 e. The average molecular weight is 262 g/mol. The number of aryl methyl sites for hydroxylation is 1. The summed E-state index contributed by atoms with van der Waals surface area (Å²) in [6.07, 6.45) is 1.50. The molecule has 0 saturated heterocycles. The quantitative estimate of drug-likeness (QED) is 0.896. The Morgan fingerprint density at radius 3 is 2.44 bits per heavy atom. The number of hydrogen-bond donors (Lipinski definition) is 1. The molecule has 0 aliphatic rings. The first kappa shape index (κ1) is 12.1. The highest BCUT2D eigenvalue weighted by molar-refractivity contribution is 7.92. The van der Waals surface area contributed by atoms with Crippen LogP contribution in [0, 0.1) is 11.3 Å². The SMILES string of the molecule is Cn1nccc1NS(=O)(=O)c1ccc(C#N)cc1. The summed E-state index contributed by atoms with van der Waals surface area (Å²) >= 11 is 0. The fraction of sp³-hybridized carbons (Fsp3) is 0.0909. The highest BCUT2D eigenvalue weighted by Crippen LogP contribution is 2.15. The van der Waals surface area contributed by atoms with Gasteiger partial charge < -0.3 is 0 Å². The van der Waals surface area contributed by atoms with Crippen molar-refractivity contribution in [1.29, 1.82) is 5.26 Å². The van der Waals surface area contributed by atoms with E-state index >= 15 is 0 Å². The lowest BCUT2D eigenvalue weighted by Gasteiger charge is -2.07. The summed E-state index contributed by atoms with van der Waals surface area (Å²) in [6.45, 7) is 0. The number of rotatable bonds is 3. The molecule has 0 amide bonds. The zero-order chi connectivity index (χ0) is 13.2. The number of anilines is 1. The van der Waals surface area contributed by atoms with Crippen molar-refractivity contribution in [3.05, 3.63) is 42.1 Å². The molecule has 0 saturated carbocycles. The highest BCUT2D eigenvalue weighted by atomic mass is 32.2. The van der Waals surface area contributed by atoms with Gasteiger partial charge in [-0.25, -0.2) is 8.42 Å². The Labute approximate surface area is 105 Å². The summed E-state index contributed by atoms with van der Waals surface area (Å²) in [7, 11) is -2.02. The van der Waals surface area contributed by atoms with Gasteiger partial charge in [-0.05, 0) is 24.3 Å². The van der Waals surface area contributed by atoms with E-state index in [9.17, 15) is 8.42 Å². The second-order valence-corrected chi connectivity index (χ2v) is 5.26. The molecule has 0 atom stereocenters. The molecule has 1 aromatic heterocycles. The lowest BCUT2D eigenvalue weighted by Crippen LogP contribution is -2.15. The average Bonchev–Trinajstić information content (AvgIpc) is 2.74.